The topological polar surface area (TPSA) is 90.4 Å². The van der Waals surface area contributed by atoms with E-state index in [1.807, 2.05) is 6.07 Å². The molecule has 86 valence electrons. The number of nitrogens with two attached hydrogens (primary N) is 2. The van der Waals surface area contributed by atoms with E-state index < -0.39 is 5.91 Å². The zero-order chi connectivity index (χ0) is 11.5. The van der Waals surface area contributed by atoms with Gasteiger partial charge in [0, 0.05) is 12.2 Å². The van der Waals surface area contributed by atoms with E-state index in [1.165, 1.54) is 0 Å². The minimum atomic E-state index is -0.504. The van der Waals surface area contributed by atoms with Crippen molar-refractivity contribution >= 4 is 11.6 Å². The summed E-state index contributed by atoms with van der Waals surface area (Å²) >= 11 is 0. The van der Waals surface area contributed by atoms with Gasteiger partial charge < -0.3 is 21.5 Å². The molecule has 0 saturated carbocycles. The maximum Gasteiger partial charge on any atom is 0.250 e. The molecule has 2 rings (SSSR count). The van der Waals surface area contributed by atoms with Gasteiger partial charge in [0.15, 0.2) is 0 Å². The highest BCUT2D eigenvalue weighted by Crippen LogP contribution is 2.25. The number of hydrogen-bond donors (Lipinski definition) is 3. The molecule has 1 unspecified atom stereocenters. The van der Waals surface area contributed by atoms with E-state index in [9.17, 15) is 4.79 Å². The van der Waals surface area contributed by atoms with E-state index in [1.54, 1.807) is 12.1 Å². The van der Waals surface area contributed by atoms with Gasteiger partial charge in [-0.3, -0.25) is 4.79 Å². The van der Waals surface area contributed by atoms with Gasteiger partial charge in [0.05, 0.1) is 24.8 Å². The van der Waals surface area contributed by atoms with E-state index in [0.717, 1.165) is 12.1 Å². The van der Waals surface area contributed by atoms with Gasteiger partial charge in [0.2, 0.25) is 0 Å². The van der Waals surface area contributed by atoms with Crippen molar-refractivity contribution in [2.75, 3.05) is 25.5 Å². The molecular formula is C11H15N3O2. The molecule has 1 aliphatic rings. The Morgan fingerprint density at radius 3 is 2.94 bits per heavy atom. The molecule has 1 amide bonds. The molecule has 5 heteroatoms. The number of ether oxygens (including phenoxy) is 1. The normalized spacial score (nSPS) is 20.6. The van der Waals surface area contributed by atoms with Gasteiger partial charge in [-0.25, -0.2) is 0 Å². The Hall–Kier alpha value is -1.59. The zero-order valence-corrected chi connectivity index (χ0v) is 8.90. The van der Waals surface area contributed by atoms with Crippen molar-refractivity contribution in [2.24, 2.45) is 5.73 Å². The Bertz CT molecular complexity index is 400. The minimum Gasteiger partial charge on any atom is -0.398 e. The summed E-state index contributed by atoms with van der Waals surface area (Å²) in [6.45, 7) is 2.04. The number of primary amides is 1. The van der Waals surface area contributed by atoms with Crippen LogP contribution in [-0.4, -0.2) is 25.7 Å². The fraction of sp³-hybridized carbons (Fsp3) is 0.364. The molecule has 1 atom stereocenters. The molecule has 1 aliphatic heterocycles. The zero-order valence-electron chi connectivity index (χ0n) is 8.90. The van der Waals surface area contributed by atoms with Crippen LogP contribution in [0, 0.1) is 0 Å². The van der Waals surface area contributed by atoms with E-state index in [0.29, 0.717) is 24.5 Å². The van der Waals surface area contributed by atoms with Gasteiger partial charge in [-0.15, -0.1) is 0 Å². The maximum absolute atomic E-state index is 11.1. The number of carbonyl (C=O) groups excluding carboxylic acids is 1. The first-order chi connectivity index (χ1) is 7.70. The second kappa shape index (κ2) is 4.51. The average Bonchev–Trinajstić information content (AvgIpc) is 2.30. The highest BCUT2D eigenvalue weighted by atomic mass is 16.5. The molecule has 0 bridgehead atoms. The third-order valence-corrected chi connectivity index (χ3v) is 2.70. The lowest BCUT2D eigenvalue weighted by atomic mass is 10.0. The number of nitrogen functional groups attached to an aromatic ring is 1. The summed E-state index contributed by atoms with van der Waals surface area (Å²) in [5, 5.41) is 3.29. The molecule has 5 N–H and O–H groups in total. The number of para-hydroxylation sites is 1. The Balaban J connectivity index is 2.33. The fourth-order valence-corrected chi connectivity index (χ4v) is 1.87. The molecule has 1 saturated heterocycles. The molecule has 0 aliphatic carbocycles. The summed E-state index contributed by atoms with van der Waals surface area (Å²) in [6.07, 6.45) is 0. The highest BCUT2D eigenvalue weighted by molar-refractivity contribution is 5.98. The molecule has 0 aromatic heterocycles. The van der Waals surface area contributed by atoms with Gasteiger partial charge >= 0.3 is 0 Å². The van der Waals surface area contributed by atoms with Crippen LogP contribution in [0.15, 0.2) is 18.2 Å². The SMILES string of the molecule is NC(=O)c1cccc(C2COCCN2)c1N. The summed E-state index contributed by atoms with van der Waals surface area (Å²) < 4.78 is 5.36. The third kappa shape index (κ3) is 2.00. The lowest BCUT2D eigenvalue weighted by molar-refractivity contribution is 0.0770. The predicted molar refractivity (Wildman–Crippen MR) is 60.9 cm³/mol. The molecule has 5 nitrogen and oxygen atoms in total. The number of benzene rings is 1. The molecule has 1 aromatic carbocycles. The van der Waals surface area contributed by atoms with Crippen molar-refractivity contribution in [3.63, 3.8) is 0 Å². The van der Waals surface area contributed by atoms with Gasteiger partial charge in [0.1, 0.15) is 0 Å². The molecule has 0 spiro atoms. The third-order valence-electron chi connectivity index (χ3n) is 2.70. The van der Waals surface area contributed by atoms with Gasteiger partial charge in [-0.2, -0.15) is 0 Å². The van der Waals surface area contributed by atoms with Crippen LogP contribution >= 0.6 is 0 Å². The first-order valence-corrected chi connectivity index (χ1v) is 5.19. The standard InChI is InChI=1S/C11H15N3O2/c12-10-7(9-6-16-5-4-14-9)2-1-3-8(10)11(13)15/h1-3,9,14H,4-6,12H2,(H2,13,15). The molecule has 1 fully saturated rings. The summed E-state index contributed by atoms with van der Waals surface area (Å²) in [5.74, 6) is -0.504. The van der Waals surface area contributed by atoms with Crippen LogP contribution in [0.25, 0.3) is 0 Å². The van der Waals surface area contributed by atoms with Crippen LogP contribution in [0.2, 0.25) is 0 Å². The van der Waals surface area contributed by atoms with Crippen LogP contribution in [0.5, 0.6) is 0 Å². The van der Waals surface area contributed by atoms with Crippen LogP contribution < -0.4 is 16.8 Å². The number of nitrogens with one attached hydrogen (secondary N) is 1. The summed E-state index contributed by atoms with van der Waals surface area (Å²) in [6, 6.07) is 5.33. The summed E-state index contributed by atoms with van der Waals surface area (Å²) in [5.41, 5.74) is 12.8. The number of carbonyl (C=O) groups is 1. The highest BCUT2D eigenvalue weighted by Gasteiger charge is 2.19. The van der Waals surface area contributed by atoms with E-state index in [-0.39, 0.29) is 6.04 Å². The first kappa shape index (κ1) is 10.9. The summed E-state index contributed by atoms with van der Waals surface area (Å²) in [7, 11) is 0. The van der Waals surface area contributed by atoms with E-state index in [2.05, 4.69) is 5.32 Å². The number of amides is 1. The lowest BCUT2D eigenvalue weighted by Gasteiger charge is -2.25. The summed E-state index contributed by atoms with van der Waals surface area (Å²) in [4.78, 5) is 11.1. The fourth-order valence-electron chi connectivity index (χ4n) is 1.87. The average molecular weight is 221 g/mol. The van der Waals surface area contributed by atoms with Crippen molar-refractivity contribution in [1.82, 2.24) is 5.32 Å². The van der Waals surface area contributed by atoms with Gasteiger partial charge in [-0.1, -0.05) is 12.1 Å². The van der Waals surface area contributed by atoms with Gasteiger partial charge in [0.25, 0.3) is 5.91 Å². The Morgan fingerprint density at radius 2 is 2.31 bits per heavy atom. The Labute approximate surface area is 93.8 Å². The second-order valence-electron chi connectivity index (χ2n) is 3.75. The Morgan fingerprint density at radius 1 is 1.50 bits per heavy atom. The smallest absolute Gasteiger partial charge is 0.250 e. The lowest BCUT2D eigenvalue weighted by Crippen LogP contribution is -2.35. The monoisotopic (exact) mass is 221 g/mol. The molecule has 1 heterocycles. The van der Waals surface area contributed by atoms with Crippen LogP contribution in [0.3, 0.4) is 0 Å². The van der Waals surface area contributed by atoms with E-state index in [4.69, 9.17) is 16.2 Å². The largest absolute Gasteiger partial charge is 0.398 e. The first-order valence-electron chi connectivity index (χ1n) is 5.19. The van der Waals surface area contributed by atoms with Crippen LogP contribution in [-0.2, 0) is 4.74 Å². The number of anilines is 1. The van der Waals surface area contributed by atoms with Crippen molar-refractivity contribution in [3.05, 3.63) is 29.3 Å². The Kier molecular flexibility index (Phi) is 3.07. The number of hydrogen-bond acceptors (Lipinski definition) is 4. The minimum absolute atomic E-state index is 0.0352. The number of morpholine rings is 1. The van der Waals surface area contributed by atoms with Crippen LogP contribution in [0.1, 0.15) is 22.0 Å². The van der Waals surface area contributed by atoms with Crippen molar-refractivity contribution in [1.29, 1.82) is 0 Å². The second-order valence-corrected chi connectivity index (χ2v) is 3.75. The van der Waals surface area contributed by atoms with Crippen molar-refractivity contribution in [2.45, 2.75) is 6.04 Å². The van der Waals surface area contributed by atoms with Gasteiger partial charge in [-0.05, 0) is 11.6 Å². The molecule has 0 radical (unpaired) electrons. The van der Waals surface area contributed by atoms with Crippen molar-refractivity contribution < 1.29 is 9.53 Å². The quantitative estimate of drug-likeness (QED) is 0.614. The molecule has 16 heavy (non-hydrogen) atoms. The maximum atomic E-state index is 11.1. The number of rotatable bonds is 2. The molecule has 1 aromatic rings. The van der Waals surface area contributed by atoms with Crippen molar-refractivity contribution in [3.8, 4) is 0 Å². The molecular weight excluding hydrogens is 206 g/mol. The van der Waals surface area contributed by atoms with Crippen LogP contribution in [0.4, 0.5) is 5.69 Å². The van der Waals surface area contributed by atoms with E-state index >= 15 is 0 Å². The predicted octanol–water partition coefficient (Wildman–Crippen LogP) is 0.0286.